The Balaban J connectivity index is 2.12. The summed E-state index contributed by atoms with van der Waals surface area (Å²) in [6, 6.07) is 22.8. The van der Waals surface area contributed by atoms with Crippen molar-refractivity contribution in [2.24, 2.45) is 5.41 Å². The predicted octanol–water partition coefficient (Wildman–Crippen LogP) is 5.78. The summed E-state index contributed by atoms with van der Waals surface area (Å²) in [5.74, 6) is 0.375. The van der Waals surface area contributed by atoms with Crippen molar-refractivity contribution in [3.8, 4) is 6.07 Å². The van der Waals surface area contributed by atoms with E-state index < -0.39 is 5.41 Å². The molecular formula is C23H27IN2O. The number of nitrogens with one attached hydrogen (secondary N) is 1. The van der Waals surface area contributed by atoms with Crippen molar-refractivity contribution < 1.29 is 4.79 Å². The van der Waals surface area contributed by atoms with Crippen LogP contribution in [-0.4, -0.2) is 10.3 Å². The second-order valence-electron chi connectivity index (χ2n) is 7.52. The minimum atomic E-state index is -0.478. The van der Waals surface area contributed by atoms with Gasteiger partial charge in [0.15, 0.2) is 0 Å². The minimum Gasteiger partial charge on any atom is -0.349 e. The number of amides is 1. The van der Waals surface area contributed by atoms with Crippen LogP contribution in [0.25, 0.3) is 0 Å². The molecule has 0 heterocycles. The van der Waals surface area contributed by atoms with Gasteiger partial charge in [-0.05, 0) is 43.7 Å². The quantitative estimate of drug-likeness (QED) is 0.370. The van der Waals surface area contributed by atoms with E-state index in [1.165, 1.54) is 5.56 Å². The molecule has 2 rings (SSSR count). The molecule has 1 amide bonds. The topological polar surface area (TPSA) is 52.9 Å². The standard InChI is InChI=1S/C23H27IN2O/c1-23(2,17-25)14-13-22(27)26-21(19-11-7-4-8-12-19)15-20(16-24)18-9-5-3-6-10-18/h3-12,20-21H,13-16H2,1-2H3,(H,26,27). The zero-order valence-corrected chi connectivity index (χ0v) is 18.1. The van der Waals surface area contributed by atoms with E-state index in [-0.39, 0.29) is 11.9 Å². The van der Waals surface area contributed by atoms with E-state index in [1.54, 1.807) is 0 Å². The molecule has 0 aliphatic heterocycles. The van der Waals surface area contributed by atoms with Gasteiger partial charge in [-0.1, -0.05) is 83.3 Å². The van der Waals surface area contributed by atoms with Crippen LogP contribution in [0, 0.1) is 16.7 Å². The summed E-state index contributed by atoms with van der Waals surface area (Å²) in [4.78, 5) is 12.6. The number of carbonyl (C=O) groups is 1. The second-order valence-corrected chi connectivity index (χ2v) is 8.40. The van der Waals surface area contributed by atoms with E-state index in [0.29, 0.717) is 18.8 Å². The van der Waals surface area contributed by atoms with Gasteiger partial charge in [0.25, 0.3) is 0 Å². The lowest BCUT2D eigenvalue weighted by molar-refractivity contribution is -0.122. The SMILES string of the molecule is CC(C)(C#N)CCC(=O)NC(CC(CI)c1ccccc1)c1ccccc1. The number of hydrogen-bond acceptors (Lipinski definition) is 2. The van der Waals surface area contributed by atoms with Crippen LogP contribution < -0.4 is 5.32 Å². The fraction of sp³-hybridized carbons (Fsp3) is 0.391. The molecule has 2 aromatic carbocycles. The number of carbonyl (C=O) groups excluding carboxylic acids is 1. The van der Waals surface area contributed by atoms with E-state index in [0.717, 1.165) is 16.4 Å². The maximum Gasteiger partial charge on any atom is 0.220 e. The fourth-order valence-corrected chi connectivity index (χ4v) is 3.88. The van der Waals surface area contributed by atoms with Crippen LogP contribution >= 0.6 is 22.6 Å². The highest BCUT2D eigenvalue weighted by Gasteiger charge is 2.23. The molecule has 0 aromatic heterocycles. The first-order chi connectivity index (χ1) is 12.9. The third-order valence-corrected chi connectivity index (χ3v) is 5.86. The maximum absolute atomic E-state index is 12.6. The predicted molar refractivity (Wildman–Crippen MR) is 119 cm³/mol. The second kappa shape index (κ2) is 10.5. The Bertz CT molecular complexity index is 753. The molecule has 0 saturated carbocycles. The van der Waals surface area contributed by atoms with Crippen molar-refractivity contribution >= 4 is 28.5 Å². The van der Waals surface area contributed by atoms with Gasteiger partial charge in [-0.3, -0.25) is 4.79 Å². The summed E-state index contributed by atoms with van der Waals surface area (Å²) in [5.41, 5.74) is 1.94. The van der Waals surface area contributed by atoms with E-state index >= 15 is 0 Å². The molecule has 27 heavy (non-hydrogen) atoms. The zero-order chi connectivity index (χ0) is 19.7. The molecule has 4 heteroatoms. The van der Waals surface area contributed by atoms with Crippen molar-refractivity contribution in [1.82, 2.24) is 5.32 Å². The molecule has 0 fully saturated rings. The van der Waals surface area contributed by atoms with Gasteiger partial charge < -0.3 is 5.32 Å². The van der Waals surface area contributed by atoms with Gasteiger partial charge in [0.2, 0.25) is 5.91 Å². The van der Waals surface area contributed by atoms with Gasteiger partial charge in [-0.15, -0.1) is 0 Å². The normalized spacial score (nSPS) is 13.4. The summed E-state index contributed by atoms with van der Waals surface area (Å²) in [7, 11) is 0. The Morgan fingerprint density at radius 1 is 1.07 bits per heavy atom. The summed E-state index contributed by atoms with van der Waals surface area (Å²) in [6.45, 7) is 3.74. The average molecular weight is 474 g/mol. The molecule has 0 radical (unpaired) electrons. The van der Waals surface area contributed by atoms with Crippen LogP contribution in [0.2, 0.25) is 0 Å². The van der Waals surface area contributed by atoms with Crippen LogP contribution in [0.3, 0.4) is 0 Å². The lowest BCUT2D eigenvalue weighted by atomic mass is 9.88. The number of nitrogens with zero attached hydrogens (tertiary/aromatic N) is 1. The minimum absolute atomic E-state index is 0.00690. The van der Waals surface area contributed by atoms with E-state index in [9.17, 15) is 4.79 Å². The summed E-state index contributed by atoms with van der Waals surface area (Å²) in [5, 5.41) is 12.4. The number of hydrogen-bond donors (Lipinski definition) is 1. The Labute approximate surface area is 176 Å². The number of rotatable bonds is 9. The lowest BCUT2D eigenvalue weighted by Crippen LogP contribution is -2.30. The summed E-state index contributed by atoms with van der Waals surface area (Å²) < 4.78 is 0.989. The van der Waals surface area contributed by atoms with E-state index in [4.69, 9.17) is 5.26 Å². The van der Waals surface area contributed by atoms with Crippen LogP contribution in [0.1, 0.15) is 56.2 Å². The molecule has 2 aromatic rings. The fourth-order valence-electron chi connectivity index (χ4n) is 3.01. The average Bonchev–Trinajstić information content (AvgIpc) is 2.71. The third kappa shape index (κ3) is 6.99. The van der Waals surface area contributed by atoms with E-state index in [2.05, 4.69) is 70.4 Å². The molecule has 0 aliphatic carbocycles. The van der Waals surface area contributed by atoms with Crippen LogP contribution in [0.15, 0.2) is 60.7 Å². The van der Waals surface area contributed by atoms with Gasteiger partial charge in [0.1, 0.15) is 0 Å². The smallest absolute Gasteiger partial charge is 0.220 e. The third-order valence-electron chi connectivity index (χ3n) is 4.79. The van der Waals surface area contributed by atoms with Crippen molar-refractivity contribution in [2.45, 2.75) is 45.1 Å². The van der Waals surface area contributed by atoms with Crippen molar-refractivity contribution in [2.75, 3.05) is 4.43 Å². The molecule has 0 aliphatic rings. The monoisotopic (exact) mass is 474 g/mol. The highest BCUT2D eigenvalue weighted by molar-refractivity contribution is 14.1. The summed E-state index contributed by atoms with van der Waals surface area (Å²) >= 11 is 2.42. The number of benzene rings is 2. The van der Waals surface area contributed by atoms with Gasteiger partial charge in [-0.25, -0.2) is 0 Å². The van der Waals surface area contributed by atoms with Crippen molar-refractivity contribution in [3.05, 3.63) is 71.8 Å². The molecule has 2 atom stereocenters. The Hall–Kier alpha value is -1.87. The highest BCUT2D eigenvalue weighted by atomic mass is 127. The van der Waals surface area contributed by atoms with Crippen LogP contribution in [-0.2, 0) is 4.79 Å². The molecule has 0 spiro atoms. The van der Waals surface area contributed by atoms with Gasteiger partial charge >= 0.3 is 0 Å². The first kappa shape index (κ1) is 21.4. The molecule has 3 nitrogen and oxygen atoms in total. The highest BCUT2D eigenvalue weighted by Crippen LogP contribution is 2.30. The number of alkyl halides is 1. The first-order valence-corrected chi connectivity index (χ1v) is 10.8. The largest absolute Gasteiger partial charge is 0.349 e. The Kier molecular flexibility index (Phi) is 8.30. The molecule has 0 bridgehead atoms. The van der Waals surface area contributed by atoms with Crippen LogP contribution in [0.5, 0.6) is 0 Å². The molecule has 2 unspecified atom stereocenters. The number of halogens is 1. The lowest BCUT2D eigenvalue weighted by Gasteiger charge is -2.25. The van der Waals surface area contributed by atoms with E-state index in [1.807, 2.05) is 38.1 Å². The maximum atomic E-state index is 12.6. The van der Waals surface area contributed by atoms with Crippen molar-refractivity contribution in [3.63, 3.8) is 0 Å². The Morgan fingerprint density at radius 3 is 2.15 bits per heavy atom. The van der Waals surface area contributed by atoms with Gasteiger partial charge in [0, 0.05) is 10.8 Å². The molecule has 142 valence electrons. The van der Waals surface area contributed by atoms with Crippen molar-refractivity contribution in [1.29, 1.82) is 5.26 Å². The Morgan fingerprint density at radius 2 is 1.63 bits per heavy atom. The molecule has 1 N–H and O–H groups in total. The molecule has 0 saturated heterocycles. The number of nitriles is 1. The van der Waals surface area contributed by atoms with Gasteiger partial charge in [-0.2, -0.15) is 5.26 Å². The zero-order valence-electron chi connectivity index (χ0n) is 16.0. The van der Waals surface area contributed by atoms with Gasteiger partial charge in [0.05, 0.1) is 17.5 Å². The van der Waals surface area contributed by atoms with Crippen LogP contribution in [0.4, 0.5) is 0 Å². The molecular weight excluding hydrogens is 447 g/mol. The summed E-state index contributed by atoms with van der Waals surface area (Å²) in [6.07, 6.45) is 1.78. The first-order valence-electron chi connectivity index (χ1n) is 9.31.